The van der Waals surface area contributed by atoms with Crippen molar-refractivity contribution < 1.29 is 9.53 Å². The summed E-state index contributed by atoms with van der Waals surface area (Å²) in [6.45, 7) is 5.90. The second-order valence-electron chi connectivity index (χ2n) is 8.16. The monoisotopic (exact) mass is 420 g/mol. The number of carbonyl (C=O) groups excluding carboxylic acids is 1. The van der Waals surface area contributed by atoms with Gasteiger partial charge in [0.05, 0.1) is 13.2 Å². The van der Waals surface area contributed by atoms with Crippen molar-refractivity contribution in [3.63, 3.8) is 0 Å². The molecule has 0 saturated carbocycles. The Balaban J connectivity index is 1.26. The van der Waals surface area contributed by atoms with Crippen molar-refractivity contribution in [3.8, 4) is 0 Å². The summed E-state index contributed by atoms with van der Waals surface area (Å²) in [7, 11) is 1.81. The van der Waals surface area contributed by atoms with Gasteiger partial charge in [0.2, 0.25) is 5.91 Å². The average molecular weight is 421 g/mol. The molecule has 31 heavy (non-hydrogen) atoms. The topological polar surface area (TPSA) is 57.2 Å². The average Bonchev–Trinajstić information content (AvgIpc) is 3.24. The van der Waals surface area contributed by atoms with E-state index >= 15 is 0 Å². The Morgan fingerprint density at radius 1 is 1.16 bits per heavy atom. The van der Waals surface area contributed by atoms with Crippen molar-refractivity contribution in [2.24, 2.45) is 4.99 Å². The molecule has 2 aliphatic rings. The van der Waals surface area contributed by atoms with Gasteiger partial charge in [-0.1, -0.05) is 42.5 Å². The van der Waals surface area contributed by atoms with Crippen LogP contribution in [-0.2, 0) is 16.0 Å². The molecule has 2 aromatic carbocycles. The molecule has 6 heteroatoms. The summed E-state index contributed by atoms with van der Waals surface area (Å²) in [5.41, 5.74) is 4.83. The fraction of sp³-hybridized carbons (Fsp3) is 0.440. The van der Waals surface area contributed by atoms with Gasteiger partial charge in [-0.25, -0.2) is 0 Å². The highest BCUT2D eigenvalue weighted by Gasteiger charge is 2.26. The number of aryl methyl sites for hydroxylation is 1. The number of amides is 1. The van der Waals surface area contributed by atoms with Gasteiger partial charge in [-0.15, -0.1) is 0 Å². The highest BCUT2D eigenvalue weighted by Crippen LogP contribution is 2.28. The Kier molecular flexibility index (Phi) is 6.87. The highest BCUT2D eigenvalue weighted by atomic mass is 16.5. The number of hydrogen-bond donors (Lipinski definition) is 1. The van der Waals surface area contributed by atoms with Crippen LogP contribution in [0.15, 0.2) is 53.5 Å². The number of para-hydroxylation sites is 1. The molecule has 0 bridgehead atoms. The van der Waals surface area contributed by atoms with Gasteiger partial charge in [0.15, 0.2) is 5.96 Å². The van der Waals surface area contributed by atoms with E-state index in [2.05, 4.69) is 52.5 Å². The van der Waals surface area contributed by atoms with Crippen LogP contribution in [0.3, 0.4) is 0 Å². The van der Waals surface area contributed by atoms with Crippen LogP contribution in [0.25, 0.3) is 0 Å². The number of benzene rings is 2. The number of rotatable bonds is 5. The smallest absolute Gasteiger partial charge is 0.227 e. The van der Waals surface area contributed by atoms with E-state index in [4.69, 9.17) is 4.74 Å². The minimum atomic E-state index is 0.0466. The number of hydrogen-bond acceptors (Lipinski definition) is 3. The normalized spacial score (nSPS) is 18.8. The van der Waals surface area contributed by atoms with Crippen LogP contribution in [0.4, 0.5) is 5.69 Å². The molecular formula is C25H32N4O2. The van der Waals surface area contributed by atoms with E-state index in [0.717, 1.165) is 50.7 Å². The number of ether oxygens (including phenoxy) is 1. The lowest BCUT2D eigenvalue weighted by atomic mass is 10.0. The summed E-state index contributed by atoms with van der Waals surface area (Å²) in [5, 5.41) is 3.44. The first-order chi connectivity index (χ1) is 15.2. The van der Waals surface area contributed by atoms with Crippen LogP contribution in [0.1, 0.15) is 35.6 Å². The lowest BCUT2D eigenvalue weighted by molar-refractivity contribution is -0.118. The molecule has 1 unspecified atom stereocenters. The Labute approximate surface area is 184 Å². The highest BCUT2D eigenvalue weighted by molar-refractivity contribution is 5.95. The number of guanidine groups is 1. The quantitative estimate of drug-likeness (QED) is 0.458. The molecule has 2 aliphatic heterocycles. The van der Waals surface area contributed by atoms with Gasteiger partial charge in [0.25, 0.3) is 0 Å². The van der Waals surface area contributed by atoms with Gasteiger partial charge in [0, 0.05) is 38.8 Å². The maximum Gasteiger partial charge on any atom is 0.227 e. The maximum absolute atomic E-state index is 12.7. The van der Waals surface area contributed by atoms with Gasteiger partial charge in [-0.05, 0) is 42.5 Å². The lowest BCUT2D eigenvalue weighted by Crippen LogP contribution is -2.48. The molecule has 164 valence electrons. The third-order valence-corrected chi connectivity index (χ3v) is 6.15. The fourth-order valence-electron chi connectivity index (χ4n) is 4.48. The van der Waals surface area contributed by atoms with Gasteiger partial charge in [-0.2, -0.15) is 0 Å². The van der Waals surface area contributed by atoms with Crippen LogP contribution in [-0.4, -0.2) is 56.6 Å². The van der Waals surface area contributed by atoms with Crippen molar-refractivity contribution in [3.05, 3.63) is 65.2 Å². The summed E-state index contributed by atoms with van der Waals surface area (Å²) < 4.78 is 6.04. The summed E-state index contributed by atoms with van der Waals surface area (Å²) >= 11 is 0. The van der Waals surface area contributed by atoms with Crippen molar-refractivity contribution >= 4 is 17.6 Å². The van der Waals surface area contributed by atoms with Crippen LogP contribution >= 0.6 is 0 Å². The SMILES string of the molecule is CN=C(NCCCC(=O)N1CCc2ccccc21)N1CCOC(c2ccccc2C)C1. The standard InChI is InChI=1S/C25H32N4O2/c1-19-8-3-5-10-21(19)23-18-28(16-17-31-23)25(26-2)27-14-7-12-24(30)29-15-13-20-9-4-6-11-22(20)29/h3-6,8-11,23H,7,12-18H2,1-2H3,(H,26,27). The zero-order chi connectivity index (χ0) is 21.6. The minimum absolute atomic E-state index is 0.0466. The van der Waals surface area contributed by atoms with Crippen LogP contribution in [0.5, 0.6) is 0 Å². The van der Waals surface area contributed by atoms with Crippen molar-refractivity contribution in [2.75, 3.05) is 44.7 Å². The summed E-state index contributed by atoms with van der Waals surface area (Å²) in [5.74, 6) is 1.08. The second-order valence-corrected chi connectivity index (χ2v) is 8.16. The molecule has 2 heterocycles. The van der Waals surface area contributed by atoms with Crippen molar-refractivity contribution in [1.29, 1.82) is 0 Å². The Hall–Kier alpha value is -2.86. The van der Waals surface area contributed by atoms with E-state index < -0.39 is 0 Å². The second kappa shape index (κ2) is 9.96. The molecule has 1 N–H and O–H groups in total. The molecule has 1 saturated heterocycles. The maximum atomic E-state index is 12.7. The van der Waals surface area contributed by atoms with E-state index in [0.29, 0.717) is 13.0 Å². The van der Waals surface area contributed by atoms with Crippen LogP contribution < -0.4 is 10.2 Å². The van der Waals surface area contributed by atoms with Gasteiger partial charge in [0.1, 0.15) is 6.10 Å². The first kappa shape index (κ1) is 21.4. The molecule has 4 rings (SSSR count). The van der Waals surface area contributed by atoms with E-state index in [1.54, 1.807) is 0 Å². The molecule has 1 atom stereocenters. The largest absolute Gasteiger partial charge is 0.370 e. The van der Waals surface area contributed by atoms with E-state index in [1.165, 1.54) is 16.7 Å². The van der Waals surface area contributed by atoms with E-state index in [1.807, 2.05) is 30.1 Å². The van der Waals surface area contributed by atoms with Crippen molar-refractivity contribution in [2.45, 2.75) is 32.3 Å². The Morgan fingerprint density at radius 2 is 1.97 bits per heavy atom. The number of morpholine rings is 1. The summed E-state index contributed by atoms with van der Waals surface area (Å²) in [6.07, 6.45) is 2.31. The molecule has 6 nitrogen and oxygen atoms in total. The van der Waals surface area contributed by atoms with Gasteiger partial charge in [-0.3, -0.25) is 9.79 Å². The first-order valence-electron chi connectivity index (χ1n) is 11.2. The Bertz CT molecular complexity index is 943. The summed E-state index contributed by atoms with van der Waals surface area (Å²) in [6, 6.07) is 16.6. The van der Waals surface area contributed by atoms with Crippen LogP contribution in [0, 0.1) is 6.92 Å². The number of nitrogens with zero attached hydrogens (tertiary/aromatic N) is 3. The molecule has 0 aromatic heterocycles. The fourth-order valence-corrected chi connectivity index (χ4v) is 4.48. The molecule has 2 aromatic rings. The minimum Gasteiger partial charge on any atom is -0.370 e. The lowest BCUT2D eigenvalue weighted by Gasteiger charge is -2.35. The zero-order valence-corrected chi connectivity index (χ0v) is 18.5. The molecule has 0 spiro atoms. The predicted octanol–water partition coefficient (Wildman–Crippen LogP) is 3.31. The first-order valence-corrected chi connectivity index (χ1v) is 11.2. The number of anilines is 1. The van der Waals surface area contributed by atoms with Gasteiger partial charge < -0.3 is 19.9 Å². The zero-order valence-electron chi connectivity index (χ0n) is 18.5. The Morgan fingerprint density at radius 3 is 2.81 bits per heavy atom. The molecular weight excluding hydrogens is 388 g/mol. The number of nitrogens with one attached hydrogen (secondary N) is 1. The third-order valence-electron chi connectivity index (χ3n) is 6.15. The molecule has 1 amide bonds. The third kappa shape index (κ3) is 4.90. The number of carbonyl (C=O) groups is 1. The van der Waals surface area contributed by atoms with Crippen LogP contribution in [0.2, 0.25) is 0 Å². The molecule has 0 aliphatic carbocycles. The van der Waals surface area contributed by atoms with E-state index in [-0.39, 0.29) is 12.0 Å². The summed E-state index contributed by atoms with van der Waals surface area (Å²) in [4.78, 5) is 21.3. The predicted molar refractivity (Wildman–Crippen MR) is 125 cm³/mol. The van der Waals surface area contributed by atoms with E-state index in [9.17, 15) is 4.79 Å². The number of fused-ring (bicyclic) bond motifs is 1. The molecule has 0 radical (unpaired) electrons. The number of aliphatic imine (C=N–C) groups is 1. The van der Waals surface area contributed by atoms with Crippen molar-refractivity contribution in [1.82, 2.24) is 10.2 Å². The molecule has 1 fully saturated rings. The van der Waals surface area contributed by atoms with Gasteiger partial charge >= 0.3 is 0 Å².